The normalized spacial score (nSPS) is 35.1. The van der Waals surface area contributed by atoms with Gasteiger partial charge in [-0.15, -0.1) is 0 Å². The van der Waals surface area contributed by atoms with E-state index in [9.17, 15) is 0 Å². The van der Waals surface area contributed by atoms with Gasteiger partial charge in [0.05, 0.1) is 0 Å². The molecule has 3 fully saturated rings. The van der Waals surface area contributed by atoms with Crippen molar-refractivity contribution in [1.82, 2.24) is 20.0 Å². The summed E-state index contributed by atoms with van der Waals surface area (Å²) in [5.41, 5.74) is 0. The molecular weight excluding hydrogens is 260 g/mol. The van der Waals surface area contributed by atoms with Gasteiger partial charge in [0.25, 0.3) is 0 Å². The summed E-state index contributed by atoms with van der Waals surface area (Å²) in [6, 6.07) is 1.47. The third kappa shape index (κ3) is 4.19. The molecule has 21 heavy (non-hydrogen) atoms. The summed E-state index contributed by atoms with van der Waals surface area (Å²) in [6.45, 7) is 8.63. The van der Waals surface area contributed by atoms with Crippen LogP contribution in [0.5, 0.6) is 0 Å². The second-order valence-electron chi connectivity index (χ2n) is 7.61. The lowest BCUT2D eigenvalue weighted by molar-refractivity contribution is 0.0640. The first-order valence-electron chi connectivity index (χ1n) is 9.07. The summed E-state index contributed by atoms with van der Waals surface area (Å²) in [5, 5.41) is 3.81. The van der Waals surface area contributed by atoms with E-state index in [1.807, 2.05) is 0 Å². The molecule has 0 amide bonds. The number of rotatable bonds is 3. The molecule has 4 heteroatoms. The lowest BCUT2D eigenvalue weighted by Gasteiger charge is -2.44. The highest BCUT2D eigenvalue weighted by Gasteiger charge is 2.30. The topological polar surface area (TPSA) is 21.8 Å². The summed E-state index contributed by atoms with van der Waals surface area (Å²) in [7, 11) is 4.57. The molecule has 3 rings (SSSR count). The van der Waals surface area contributed by atoms with E-state index in [0.29, 0.717) is 6.04 Å². The van der Waals surface area contributed by atoms with Crippen LogP contribution in [0, 0.1) is 5.92 Å². The number of piperazine rings is 2. The maximum absolute atomic E-state index is 3.81. The first-order valence-corrected chi connectivity index (χ1v) is 9.07. The van der Waals surface area contributed by atoms with Crippen LogP contribution in [0.2, 0.25) is 0 Å². The van der Waals surface area contributed by atoms with Crippen molar-refractivity contribution in [2.45, 2.75) is 44.2 Å². The third-order valence-electron chi connectivity index (χ3n) is 5.96. The van der Waals surface area contributed by atoms with Crippen LogP contribution in [0.3, 0.4) is 0 Å². The predicted octanol–water partition coefficient (Wildman–Crippen LogP) is 1.09. The van der Waals surface area contributed by atoms with Crippen LogP contribution in [0.4, 0.5) is 0 Å². The van der Waals surface area contributed by atoms with Crippen LogP contribution in [-0.2, 0) is 0 Å². The van der Waals surface area contributed by atoms with Gasteiger partial charge in [-0.25, -0.2) is 0 Å². The molecule has 0 aromatic rings. The summed E-state index contributed by atoms with van der Waals surface area (Å²) in [6.07, 6.45) is 7.29. The second-order valence-corrected chi connectivity index (χ2v) is 7.61. The van der Waals surface area contributed by atoms with Crippen LogP contribution < -0.4 is 5.32 Å². The van der Waals surface area contributed by atoms with Gasteiger partial charge in [0.2, 0.25) is 0 Å². The minimum Gasteiger partial charge on any atom is -0.311 e. The Morgan fingerprint density at radius 1 is 0.952 bits per heavy atom. The minimum absolute atomic E-state index is 0.717. The Kier molecular flexibility index (Phi) is 5.54. The van der Waals surface area contributed by atoms with Gasteiger partial charge < -0.3 is 10.2 Å². The van der Waals surface area contributed by atoms with Gasteiger partial charge in [0, 0.05) is 57.9 Å². The average molecular weight is 294 g/mol. The monoisotopic (exact) mass is 294 g/mol. The fourth-order valence-electron chi connectivity index (χ4n) is 4.46. The number of hydrogen-bond acceptors (Lipinski definition) is 4. The van der Waals surface area contributed by atoms with Gasteiger partial charge in [-0.3, -0.25) is 9.80 Å². The molecular formula is C17H34N4. The van der Waals surface area contributed by atoms with Crippen molar-refractivity contribution in [2.24, 2.45) is 5.92 Å². The second kappa shape index (κ2) is 7.40. The Morgan fingerprint density at radius 3 is 2.57 bits per heavy atom. The van der Waals surface area contributed by atoms with E-state index in [4.69, 9.17) is 0 Å². The smallest absolute Gasteiger partial charge is 0.0347 e. The molecule has 2 aliphatic heterocycles. The molecule has 1 saturated carbocycles. The van der Waals surface area contributed by atoms with E-state index >= 15 is 0 Å². The third-order valence-corrected chi connectivity index (χ3v) is 5.96. The predicted molar refractivity (Wildman–Crippen MR) is 88.7 cm³/mol. The van der Waals surface area contributed by atoms with E-state index < -0.39 is 0 Å². The molecule has 1 aliphatic carbocycles. The summed E-state index contributed by atoms with van der Waals surface area (Å²) < 4.78 is 0. The van der Waals surface area contributed by atoms with Crippen LogP contribution in [0.1, 0.15) is 32.1 Å². The number of nitrogens with one attached hydrogen (secondary N) is 1. The lowest BCUT2D eigenvalue weighted by atomic mass is 9.83. The molecule has 0 bridgehead atoms. The molecule has 0 aromatic carbocycles. The van der Waals surface area contributed by atoms with Crippen molar-refractivity contribution < 1.29 is 0 Å². The van der Waals surface area contributed by atoms with Crippen molar-refractivity contribution >= 4 is 0 Å². The largest absolute Gasteiger partial charge is 0.311 e. The summed E-state index contributed by atoms with van der Waals surface area (Å²) in [4.78, 5) is 7.79. The molecule has 2 saturated heterocycles. The molecule has 2 atom stereocenters. The maximum atomic E-state index is 3.81. The molecule has 2 unspecified atom stereocenters. The first kappa shape index (κ1) is 15.7. The van der Waals surface area contributed by atoms with Crippen molar-refractivity contribution in [3.8, 4) is 0 Å². The van der Waals surface area contributed by atoms with Gasteiger partial charge in [-0.2, -0.15) is 0 Å². The molecule has 0 spiro atoms. The number of nitrogens with zero attached hydrogens (tertiary/aromatic N) is 3. The zero-order valence-corrected chi connectivity index (χ0v) is 14.1. The van der Waals surface area contributed by atoms with Gasteiger partial charge in [0.15, 0.2) is 0 Å². The average Bonchev–Trinajstić information content (AvgIpc) is 2.52. The SMILES string of the molecule is CN1CCN(C)C(CN2CCNC(C3CCCCC3)C2)C1. The van der Waals surface area contributed by atoms with Crippen molar-refractivity contribution in [3.05, 3.63) is 0 Å². The standard InChI is InChI=1S/C17H34N4/c1-19-10-11-20(2)16(12-19)13-21-9-8-18-17(14-21)15-6-4-3-5-7-15/h15-18H,3-14H2,1-2H3. The Balaban J connectivity index is 1.50. The van der Waals surface area contributed by atoms with Crippen LogP contribution in [0.15, 0.2) is 0 Å². The van der Waals surface area contributed by atoms with E-state index in [1.54, 1.807) is 0 Å². The zero-order valence-electron chi connectivity index (χ0n) is 14.1. The maximum Gasteiger partial charge on any atom is 0.0347 e. The first-order chi connectivity index (χ1) is 10.2. The van der Waals surface area contributed by atoms with E-state index in [0.717, 1.165) is 12.0 Å². The van der Waals surface area contributed by atoms with Gasteiger partial charge in [-0.1, -0.05) is 19.3 Å². The number of hydrogen-bond donors (Lipinski definition) is 1. The van der Waals surface area contributed by atoms with Gasteiger partial charge >= 0.3 is 0 Å². The Morgan fingerprint density at radius 2 is 1.76 bits per heavy atom. The molecule has 4 nitrogen and oxygen atoms in total. The molecule has 0 radical (unpaired) electrons. The summed E-state index contributed by atoms with van der Waals surface area (Å²) in [5.74, 6) is 0.938. The van der Waals surface area contributed by atoms with Gasteiger partial charge in [0.1, 0.15) is 0 Å². The van der Waals surface area contributed by atoms with Crippen molar-refractivity contribution in [2.75, 3.05) is 59.9 Å². The fourth-order valence-corrected chi connectivity index (χ4v) is 4.46. The molecule has 1 N–H and O–H groups in total. The quantitative estimate of drug-likeness (QED) is 0.841. The van der Waals surface area contributed by atoms with Crippen LogP contribution >= 0.6 is 0 Å². The van der Waals surface area contributed by atoms with Crippen molar-refractivity contribution in [1.29, 1.82) is 0 Å². The molecule has 2 heterocycles. The molecule has 0 aromatic heterocycles. The lowest BCUT2D eigenvalue weighted by Crippen LogP contribution is -2.59. The highest BCUT2D eigenvalue weighted by molar-refractivity contribution is 4.89. The molecule has 122 valence electrons. The van der Waals surface area contributed by atoms with Crippen LogP contribution in [-0.4, -0.2) is 86.7 Å². The van der Waals surface area contributed by atoms with E-state index in [-0.39, 0.29) is 0 Å². The Hall–Kier alpha value is -0.160. The van der Waals surface area contributed by atoms with Gasteiger partial charge in [-0.05, 0) is 32.9 Å². The molecule has 3 aliphatic rings. The highest BCUT2D eigenvalue weighted by Crippen LogP contribution is 2.27. The number of likely N-dealkylation sites (N-methyl/N-ethyl adjacent to an activating group) is 2. The van der Waals surface area contributed by atoms with E-state index in [1.165, 1.54) is 77.9 Å². The summed E-state index contributed by atoms with van der Waals surface area (Å²) >= 11 is 0. The Bertz CT molecular complexity index is 316. The van der Waals surface area contributed by atoms with Crippen molar-refractivity contribution in [3.63, 3.8) is 0 Å². The minimum atomic E-state index is 0.717. The highest BCUT2D eigenvalue weighted by atomic mass is 15.3. The Labute approximate surface area is 130 Å². The zero-order chi connectivity index (χ0) is 14.7. The van der Waals surface area contributed by atoms with Crippen LogP contribution in [0.25, 0.3) is 0 Å². The fraction of sp³-hybridized carbons (Fsp3) is 1.00. The van der Waals surface area contributed by atoms with E-state index in [2.05, 4.69) is 34.1 Å².